The normalized spacial score (nSPS) is 15.4. The Morgan fingerprint density at radius 2 is 2.29 bits per heavy atom. The summed E-state index contributed by atoms with van der Waals surface area (Å²) in [7, 11) is 1.89. The Morgan fingerprint density at radius 3 is 2.93 bits per heavy atom. The van der Waals surface area contributed by atoms with E-state index < -0.39 is 6.09 Å². The van der Waals surface area contributed by atoms with Gasteiger partial charge in [-0.1, -0.05) is 0 Å². The topological polar surface area (TPSA) is 58.4 Å². The lowest BCUT2D eigenvalue weighted by atomic mass is 10.1. The van der Waals surface area contributed by atoms with Crippen molar-refractivity contribution < 1.29 is 9.90 Å². The summed E-state index contributed by atoms with van der Waals surface area (Å²) in [4.78, 5) is 12.2. The molecule has 1 aromatic rings. The molecular formula is C9H13N3O2. The molecule has 1 amide bonds. The highest BCUT2D eigenvalue weighted by Gasteiger charge is 2.24. The van der Waals surface area contributed by atoms with E-state index in [9.17, 15) is 4.79 Å². The Kier molecular flexibility index (Phi) is 1.94. The van der Waals surface area contributed by atoms with Gasteiger partial charge in [-0.3, -0.25) is 4.68 Å². The third-order valence-corrected chi connectivity index (χ3v) is 2.78. The molecule has 1 aliphatic rings. The minimum Gasteiger partial charge on any atom is -0.465 e. The van der Waals surface area contributed by atoms with Crippen LogP contribution < -0.4 is 0 Å². The monoisotopic (exact) mass is 195 g/mol. The zero-order chi connectivity index (χ0) is 10.3. The molecule has 1 aromatic heterocycles. The van der Waals surface area contributed by atoms with E-state index >= 15 is 0 Å². The number of aryl methyl sites for hydroxylation is 1. The summed E-state index contributed by atoms with van der Waals surface area (Å²) in [6, 6.07) is 0. The molecule has 0 atom stereocenters. The molecule has 0 aromatic carbocycles. The van der Waals surface area contributed by atoms with Gasteiger partial charge < -0.3 is 10.0 Å². The Balaban J connectivity index is 2.33. The molecule has 1 aliphatic heterocycles. The second kappa shape index (κ2) is 3.01. The lowest BCUT2D eigenvalue weighted by Gasteiger charge is -2.23. The summed E-state index contributed by atoms with van der Waals surface area (Å²) in [5.41, 5.74) is 3.18. The number of rotatable bonds is 0. The average Bonchev–Trinajstić information content (AvgIpc) is 2.43. The molecule has 0 saturated carbocycles. The van der Waals surface area contributed by atoms with Gasteiger partial charge in [-0.2, -0.15) is 5.10 Å². The Labute approximate surface area is 81.9 Å². The van der Waals surface area contributed by atoms with E-state index in [1.165, 1.54) is 4.90 Å². The first-order chi connectivity index (χ1) is 6.59. The molecular weight excluding hydrogens is 182 g/mol. The average molecular weight is 195 g/mol. The van der Waals surface area contributed by atoms with Crippen molar-refractivity contribution in [3.63, 3.8) is 0 Å². The lowest BCUT2D eigenvalue weighted by Crippen LogP contribution is -2.34. The Bertz CT molecular complexity index is 384. The number of aromatic nitrogens is 2. The van der Waals surface area contributed by atoms with Crippen LogP contribution in [-0.2, 0) is 20.0 Å². The minimum absolute atomic E-state index is 0.477. The molecule has 1 N–H and O–H groups in total. The van der Waals surface area contributed by atoms with Crippen LogP contribution in [0.2, 0.25) is 0 Å². The van der Waals surface area contributed by atoms with E-state index in [0.29, 0.717) is 13.1 Å². The molecule has 2 heterocycles. The molecule has 14 heavy (non-hydrogen) atoms. The second-order valence-electron chi connectivity index (χ2n) is 3.59. The van der Waals surface area contributed by atoms with E-state index in [0.717, 1.165) is 23.4 Å². The molecule has 0 aliphatic carbocycles. The van der Waals surface area contributed by atoms with Gasteiger partial charge in [0, 0.05) is 31.3 Å². The zero-order valence-corrected chi connectivity index (χ0v) is 8.32. The fourth-order valence-corrected chi connectivity index (χ4v) is 1.80. The first kappa shape index (κ1) is 9.05. The number of amides is 1. The third kappa shape index (κ3) is 1.25. The highest BCUT2D eigenvalue weighted by atomic mass is 16.4. The molecule has 0 fully saturated rings. The summed E-state index contributed by atoms with van der Waals surface area (Å²) >= 11 is 0. The Hall–Kier alpha value is -1.52. The van der Waals surface area contributed by atoms with Gasteiger partial charge in [0.2, 0.25) is 0 Å². The molecule has 5 nitrogen and oxygen atoms in total. The van der Waals surface area contributed by atoms with Crippen LogP contribution in [0.1, 0.15) is 17.0 Å². The number of carboxylic acid groups (broad SMARTS) is 1. The number of hydrogen-bond acceptors (Lipinski definition) is 2. The van der Waals surface area contributed by atoms with Crippen molar-refractivity contribution in [3.8, 4) is 0 Å². The fourth-order valence-electron chi connectivity index (χ4n) is 1.80. The molecule has 76 valence electrons. The minimum atomic E-state index is -0.848. The largest absolute Gasteiger partial charge is 0.465 e. The van der Waals surface area contributed by atoms with Gasteiger partial charge in [0.15, 0.2) is 0 Å². The van der Waals surface area contributed by atoms with Crippen LogP contribution in [0.15, 0.2) is 0 Å². The number of carbonyl (C=O) groups is 1. The summed E-state index contributed by atoms with van der Waals surface area (Å²) in [5.74, 6) is 0. The van der Waals surface area contributed by atoms with Crippen LogP contribution in [0.3, 0.4) is 0 Å². The van der Waals surface area contributed by atoms with Crippen molar-refractivity contribution in [3.05, 3.63) is 17.0 Å². The predicted octanol–water partition coefficient (Wildman–Crippen LogP) is 0.765. The van der Waals surface area contributed by atoms with E-state index in [4.69, 9.17) is 5.11 Å². The fraction of sp³-hybridized carbons (Fsp3) is 0.556. The standard InChI is InChI=1S/C9H13N3O2/c1-6-7-5-12(9(13)14)4-3-8(7)10-11(6)2/h3-5H2,1-2H3,(H,13,14). The summed E-state index contributed by atoms with van der Waals surface area (Å²) in [6.45, 7) is 3.00. The van der Waals surface area contributed by atoms with E-state index in [2.05, 4.69) is 5.10 Å². The summed E-state index contributed by atoms with van der Waals surface area (Å²) in [6.07, 6.45) is -0.123. The lowest BCUT2D eigenvalue weighted by molar-refractivity contribution is 0.139. The van der Waals surface area contributed by atoms with Crippen LogP contribution in [0, 0.1) is 6.92 Å². The smallest absolute Gasteiger partial charge is 0.407 e. The van der Waals surface area contributed by atoms with Gasteiger partial charge in [0.1, 0.15) is 0 Å². The molecule has 0 spiro atoms. The first-order valence-corrected chi connectivity index (χ1v) is 4.59. The molecule has 0 bridgehead atoms. The zero-order valence-electron chi connectivity index (χ0n) is 8.32. The van der Waals surface area contributed by atoms with E-state index in [1.807, 2.05) is 18.7 Å². The molecule has 5 heteroatoms. The van der Waals surface area contributed by atoms with Gasteiger partial charge in [0.05, 0.1) is 12.2 Å². The maximum Gasteiger partial charge on any atom is 0.407 e. The van der Waals surface area contributed by atoms with Crippen molar-refractivity contribution >= 4 is 6.09 Å². The predicted molar refractivity (Wildman–Crippen MR) is 50.1 cm³/mol. The molecule has 0 radical (unpaired) electrons. The van der Waals surface area contributed by atoms with Crippen LogP contribution in [-0.4, -0.2) is 32.4 Å². The third-order valence-electron chi connectivity index (χ3n) is 2.78. The van der Waals surface area contributed by atoms with Gasteiger partial charge in [-0.05, 0) is 6.92 Å². The first-order valence-electron chi connectivity index (χ1n) is 4.59. The summed E-state index contributed by atoms with van der Waals surface area (Å²) < 4.78 is 1.82. The molecule has 0 unspecified atom stereocenters. The molecule has 0 saturated heterocycles. The van der Waals surface area contributed by atoms with Gasteiger partial charge >= 0.3 is 6.09 Å². The number of nitrogens with zero attached hydrogens (tertiary/aromatic N) is 3. The number of hydrogen-bond donors (Lipinski definition) is 1. The van der Waals surface area contributed by atoms with Crippen LogP contribution in [0.25, 0.3) is 0 Å². The van der Waals surface area contributed by atoms with Gasteiger partial charge in [-0.15, -0.1) is 0 Å². The van der Waals surface area contributed by atoms with Crippen LogP contribution in [0.4, 0.5) is 4.79 Å². The SMILES string of the molecule is Cc1c2c(nn1C)CCN(C(=O)O)C2. The maximum absolute atomic E-state index is 10.8. The van der Waals surface area contributed by atoms with Crippen LogP contribution >= 0.6 is 0 Å². The van der Waals surface area contributed by atoms with Crippen molar-refractivity contribution in [2.24, 2.45) is 7.05 Å². The Morgan fingerprint density at radius 1 is 1.57 bits per heavy atom. The van der Waals surface area contributed by atoms with Gasteiger partial charge in [-0.25, -0.2) is 4.79 Å². The summed E-state index contributed by atoms with van der Waals surface area (Å²) in [5, 5.41) is 13.2. The number of fused-ring (bicyclic) bond motifs is 1. The van der Waals surface area contributed by atoms with Gasteiger partial charge in [0.25, 0.3) is 0 Å². The van der Waals surface area contributed by atoms with Crippen molar-refractivity contribution in [2.45, 2.75) is 19.9 Å². The van der Waals surface area contributed by atoms with Crippen molar-refractivity contribution in [1.82, 2.24) is 14.7 Å². The molecule has 2 rings (SSSR count). The highest BCUT2D eigenvalue weighted by Crippen LogP contribution is 2.20. The second-order valence-corrected chi connectivity index (χ2v) is 3.59. The van der Waals surface area contributed by atoms with E-state index in [-0.39, 0.29) is 0 Å². The van der Waals surface area contributed by atoms with Crippen molar-refractivity contribution in [2.75, 3.05) is 6.54 Å². The maximum atomic E-state index is 10.8. The van der Waals surface area contributed by atoms with E-state index in [1.54, 1.807) is 0 Å². The van der Waals surface area contributed by atoms with Crippen LogP contribution in [0.5, 0.6) is 0 Å². The highest BCUT2D eigenvalue weighted by molar-refractivity contribution is 5.65. The van der Waals surface area contributed by atoms with Crippen molar-refractivity contribution in [1.29, 1.82) is 0 Å². The quantitative estimate of drug-likeness (QED) is 0.665.